The van der Waals surface area contributed by atoms with Crippen LogP contribution in [0.1, 0.15) is 0 Å². The Morgan fingerprint density at radius 2 is 0.352 bits per heavy atom. The normalized spacial score (nSPS) is 11.0. The van der Waals surface area contributed by atoms with E-state index in [-0.39, 0.29) is 0 Å². The molecular formula is C51H35N3. The smallest absolute Gasteiger partial charge is 0.164 e. The third-order valence-electron chi connectivity index (χ3n) is 9.71. The first kappa shape index (κ1) is 32.7. The van der Waals surface area contributed by atoms with Gasteiger partial charge in [0.2, 0.25) is 0 Å². The van der Waals surface area contributed by atoms with Crippen LogP contribution in [0.2, 0.25) is 0 Å². The highest BCUT2D eigenvalue weighted by molar-refractivity contribution is 5.80. The predicted octanol–water partition coefficient (Wildman–Crippen LogP) is 13.2. The van der Waals surface area contributed by atoms with E-state index in [1.165, 1.54) is 16.7 Å². The molecule has 9 rings (SSSR count). The Kier molecular flexibility index (Phi) is 8.94. The summed E-state index contributed by atoms with van der Waals surface area (Å²) < 4.78 is 0. The van der Waals surface area contributed by atoms with Gasteiger partial charge in [-0.1, -0.05) is 182 Å². The Hall–Kier alpha value is -7.23. The molecule has 3 nitrogen and oxygen atoms in total. The molecule has 0 saturated heterocycles. The fourth-order valence-electron chi connectivity index (χ4n) is 6.93. The number of nitrogens with zero attached hydrogens (tertiary/aromatic N) is 3. The molecule has 0 saturated carbocycles. The highest BCUT2D eigenvalue weighted by Gasteiger charge is 2.15. The lowest BCUT2D eigenvalue weighted by molar-refractivity contribution is 1.07. The monoisotopic (exact) mass is 689 g/mol. The van der Waals surface area contributed by atoms with Crippen molar-refractivity contribution in [3.63, 3.8) is 0 Å². The average molecular weight is 690 g/mol. The molecule has 1 aromatic heterocycles. The molecule has 0 aliphatic heterocycles. The van der Waals surface area contributed by atoms with Crippen LogP contribution in [0.5, 0.6) is 0 Å². The van der Waals surface area contributed by atoms with Crippen molar-refractivity contribution in [2.45, 2.75) is 0 Å². The minimum absolute atomic E-state index is 0.624. The second-order valence-electron chi connectivity index (χ2n) is 13.3. The average Bonchev–Trinajstić information content (AvgIpc) is 3.27. The largest absolute Gasteiger partial charge is 0.208 e. The first-order valence-electron chi connectivity index (χ1n) is 18.2. The maximum Gasteiger partial charge on any atom is 0.164 e. The summed E-state index contributed by atoms with van der Waals surface area (Å²) in [6.07, 6.45) is 0. The zero-order valence-electron chi connectivity index (χ0n) is 29.5. The minimum atomic E-state index is 0.624. The van der Waals surface area contributed by atoms with Crippen LogP contribution in [0.3, 0.4) is 0 Å². The van der Waals surface area contributed by atoms with Gasteiger partial charge in [0, 0.05) is 16.7 Å². The van der Waals surface area contributed by atoms with E-state index in [9.17, 15) is 0 Å². The van der Waals surface area contributed by atoms with Gasteiger partial charge in [-0.2, -0.15) is 0 Å². The molecule has 3 heteroatoms. The van der Waals surface area contributed by atoms with Gasteiger partial charge in [-0.15, -0.1) is 0 Å². The molecule has 0 amide bonds. The van der Waals surface area contributed by atoms with E-state index in [1.807, 2.05) is 12.1 Å². The molecule has 0 aliphatic rings. The second-order valence-corrected chi connectivity index (χ2v) is 13.3. The Morgan fingerprint density at radius 3 is 0.611 bits per heavy atom. The van der Waals surface area contributed by atoms with Crippen molar-refractivity contribution in [3.05, 3.63) is 212 Å². The molecule has 0 radical (unpaired) electrons. The number of hydrogen-bond acceptors (Lipinski definition) is 3. The summed E-state index contributed by atoms with van der Waals surface area (Å²) in [5, 5.41) is 0. The Morgan fingerprint density at radius 1 is 0.167 bits per heavy atom. The van der Waals surface area contributed by atoms with Gasteiger partial charge in [0.15, 0.2) is 17.5 Å². The summed E-state index contributed by atoms with van der Waals surface area (Å²) in [5.41, 5.74) is 14.3. The summed E-state index contributed by atoms with van der Waals surface area (Å²) in [5.74, 6) is 1.88. The molecule has 0 bridgehead atoms. The molecule has 0 aliphatic carbocycles. The lowest BCUT2D eigenvalue weighted by atomic mass is 9.95. The van der Waals surface area contributed by atoms with Crippen LogP contribution >= 0.6 is 0 Å². The van der Waals surface area contributed by atoms with E-state index < -0.39 is 0 Å². The van der Waals surface area contributed by atoms with Gasteiger partial charge in [0.25, 0.3) is 0 Å². The fraction of sp³-hybridized carbons (Fsp3) is 0. The number of hydrogen-bond donors (Lipinski definition) is 0. The van der Waals surface area contributed by atoms with Crippen LogP contribution < -0.4 is 0 Å². The standard InChI is InChI=1S/C51H35N3/c1-4-15-36(16-5-1)39-21-10-24-42(31-39)43-25-11-26-44(32-43)45-27-14-30-48(35-45)51-53-49(46-28-12-22-40(33-46)37-17-6-2-7-18-37)52-50(54-51)47-29-13-23-41(34-47)38-19-8-3-9-20-38/h1-35H. The summed E-state index contributed by atoms with van der Waals surface area (Å²) >= 11 is 0. The fourth-order valence-corrected chi connectivity index (χ4v) is 6.93. The van der Waals surface area contributed by atoms with Crippen molar-refractivity contribution in [2.75, 3.05) is 0 Å². The van der Waals surface area contributed by atoms with Crippen LogP contribution in [0, 0.1) is 0 Å². The number of benzene rings is 8. The summed E-state index contributed by atoms with van der Waals surface area (Å²) in [4.78, 5) is 15.4. The van der Waals surface area contributed by atoms with E-state index in [0.29, 0.717) is 17.5 Å². The SMILES string of the molecule is c1ccc(-c2cccc(-c3cccc(-c4cccc(-c5nc(-c6cccc(-c7ccccc7)c6)nc(-c6cccc(-c7ccccc7)c6)n5)c4)c3)c2)cc1. The van der Waals surface area contributed by atoms with Crippen molar-refractivity contribution in [1.82, 2.24) is 15.0 Å². The van der Waals surface area contributed by atoms with Crippen LogP contribution in [-0.2, 0) is 0 Å². The topological polar surface area (TPSA) is 38.7 Å². The van der Waals surface area contributed by atoms with Crippen LogP contribution in [0.25, 0.3) is 89.8 Å². The van der Waals surface area contributed by atoms with Crippen molar-refractivity contribution in [3.8, 4) is 89.8 Å². The highest BCUT2D eigenvalue weighted by Crippen LogP contribution is 2.33. The third-order valence-corrected chi connectivity index (χ3v) is 9.71. The van der Waals surface area contributed by atoms with Gasteiger partial charge in [0.1, 0.15) is 0 Å². The quantitative estimate of drug-likeness (QED) is 0.159. The Balaban J connectivity index is 1.13. The van der Waals surface area contributed by atoms with Crippen LogP contribution in [0.4, 0.5) is 0 Å². The van der Waals surface area contributed by atoms with E-state index in [4.69, 9.17) is 15.0 Å². The first-order valence-corrected chi connectivity index (χ1v) is 18.2. The predicted molar refractivity (Wildman–Crippen MR) is 223 cm³/mol. The van der Waals surface area contributed by atoms with E-state index >= 15 is 0 Å². The Bertz CT molecular complexity index is 2600. The van der Waals surface area contributed by atoms with Crippen molar-refractivity contribution in [1.29, 1.82) is 0 Å². The second kappa shape index (κ2) is 14.8. The van der Waals surface area contributed by atoms with E-state index in [0.717, 1.165) is 55.6 Å². The van der Waals surface area contributed by atoms with Gasteiger partial charge in [0.05, 0.1) is 0 Å². The summed E-state index contributed by atoms with van der Waals surface area (Å²) in [7, 11) is 0. The maximum atomic E-state index is 5.13. The van der Waals surface area contributed by atoms with Gasteiger partial charge < -0.3 is 0 Å². The molecule has 8 aromatic carbocycles. The van der Waals surface area contributed by atoms with E-state index in [2.05, 4.69) is 200 Å². The molecule has 1 heterocycles. The minimum Gasteiger partial charge on any atom is -0.208 e. The van der Waals surface area contributed by atoms with Crippen LogP contribution in [0.15, 0.2) is 212 Å². The molecular weight excluding hydrogens is 655 g/mol. The molecule has 9 aromatic rings. The van der Waals surface area contributed by atoms with Gasteiger partial charge in [-0.05, 0) is 86.0 Å². The molecule has 0 spiro atoms. The van der Waals surface area contributed by atoms with E-state index in [1.54, 1.807) is 0 Å². The van der Waals surface area contributed by atoms with Gasteiger partial charge in [-0.3, -0.25) is 0 Å². The molecule has 0 fully saturated rings. The number of aromatic nitrogens is 3. The first-order chi connectivity index (χ1) is 26.7. The van der Waals surface area contributed by atoms with Crippen molar-refractivity contribution < 1.29 is 0 Å². The van der Waals surface area contributed by atoms with Gasteiger partial charge >= 0.3 is 0 Å². The third kappa shape index (κ3) is 6.99. The summed E-state index contributed by atoms with van der Waals surface area (Å²) in [6, 6.07) is 74.2. The molecule has 0 unspecified atom stereocenters. The highest BCUT2D eigenvalue weighted by atomic mass is 15.0. The zero-order chi connectivity index (χ0) is 36.1. The maximum absolute atomic E-state index is 5.13. The Labute approximate surface area is 316 Å². The molecule has 0 atom stereocenters. The van der Waals surface area contributed by atoms with Gasteiger partial charge in [-0.25, -0.2) is 15.0 Å². The van der Waals surface area contributed by atoms with Crippen molar-refractivity contribution in [2.24, 2.45) is 0 Å². The zero-order valence-corrected chi connectivity index (χ0v) is 29.5. The molecule has 0 N–H and O–H groups in total. The lowest BCUT2D eigenvalue weighted by Gasteiger charge is -2.12. The lowest BCUT2D eigenvalue weighted by Crippen LogP contribution is -2.00. The van der Waals surface area contributed by atoms with Crippen LogP contribution in [-0.4, -0.2) is 15.0 Å². The number of rotatable bonds is 8. The van der Waals surface area contributed by atoms with Crippen molar-refractivity contribution >= 4 is 0 Å². The summed E-state index contributed by atoms with van der Waals surface area (Å²) in [6.45, 7) is 0. The molecule has 254 valence electrons. The molecule has 54 heavy (non-hydrogen) atoms.